The van der Waals surface area contributed by atoms with Crippen LogP contribution in [0.5, 0.6) is 0 Å². The van der Waals surface area contributed by atoms with Crippen molar-refractivity contribution in [2.45, 2.75) is 53.0 Å². The Morgan fingerprint density at radius 2 is 1.86 bits per heavy atom. The molecule has 0 spiro atoms. The molecule has 0 amide bonds. The largest absolute Gasteiger partial charge is 0.478 e. The highest BCUT2D eigenvalue weighted by molar-refractivity contribution is 5.87. The van der Waals surface area contributed by atoms with Crippen LogP contribution in [0.4, 0.5) is 11.8 Å². The summed E-state index contributed by atoms with van der Waals surface area (Å²) in [6.45, 7) is 10.3. The number of nitrogens with zero attached hydrogens (tertiary/aromatic N) is 6. The van der Waals surface area contributed by atoms with Gasteiger partial charge in [0.05, 0.1) is 11.8 Å². The lowest BCUT2D eigenvalue weighted by Gasteiger charge is -2.37. The topological polar surface area (TPSA) is 95.3 Å². The van der Waals surface area contributed by atoms with E-state index < -0.39 is 5.97 Å². The van der Waals surface area contributed by atoms with Gasteiger partial charge in [0.25, 0.3) is 0 Å². The summed E-state index contributed by atoms with van der Waals surface area (Å²) in [5.41, 5.74) is 3.55. The molecule has 0 radical (unpaired) electrons. The van der Waals surface area contributed by atoms with Gasteiger partial charge in [0.1, 0.15) is 0 Å². The molecule has 8 nitrogen and oxygen atoms in total. The van der Waals surface area contributed by atoms with E-state index in [9.17, 15) is 4.79 Å². The summed E-state index contributed by atoms with van der Waals surface area (Å²) in [4.78, 5) is 25.0. The first-order chi connectivity index (χ1) is 13.8. The fourth-order valence-electron chi connectivity index (χ4n) is 3.85. The summed E-state index contributed by atoms with van der Waals surface area (Å²) >= 11 is 0. The number of piperidine rings is 1. The number of carbonyl (C=O) groups is 1. The van der Waals surface area contributed by atoms with Crippen LogP contribution < -0.4 is 9.80 Å². The molecule has 3 rings (SSSR count). The van der Waals surface area contributed by atoms with E-state index in [1.165, 1.54) is 11.8 Å². The predicted molar refractivity (Wildman–Crippen MR) is 113 cm³/mol. The highest BCUT2D eigenvalue weighted by Crippen LogP contribution is 2.25. The Balaban J connectivity index is 1.67. The molecule has 2 aromatic rings. The van der Waals surface area contributed by atoms with Crippen molar-refractivity contribution in [1.29, 1.82) is 0 Å². The van der Waals surface area contributed by atoms with Crippen LogP contribution >= 0.6 is 0 Å². The van der Waals surface area contributed by atoms with Crippen LogP contribution in [0.1, 0.15) is 54.0 Å². The molecule has 8 heteroatoms. The highest BCUT2D eigenvalue weighted by Gasteiger charge is 2.26. The first-order valence-corrected chi connectivity index (χ1v) is 10.1. The molecule has 29 heavy (non-hydrogen) atoms. The molecule has 0 unspecified atom stereocenters. The average Bonchev–Trinajstić information content (AvgIpc) is 2.70. The lowest BCUT2D eigenvalue weighted by Crippen LogP contribution is -2.44. The lowest BCUT2D eigenvalue weighted by molar-refractivity contribution is 0.0696. The Bertz CT molecular complexity index is 854. The van der Waals surface area contributed by atoms with E-state index in [0.717, 1.165) is 49.7 Å². The smallest absolute Gasteiger partial charge is 0.337 e. The zero-order chi connectivity index (χ0) is 21.1. The molecule has 1 aliphatic rings. The Morgan fingerprint density at radius 1 is 1.24 bits per heavy atom. The van der Waals surface area contributed by atoms with E-state index in [2.05, 4.69) is 42.8 Å². The standard InChI is InChI=1S/C21H30N6O2/c1-13(2)10-18-14(3)23-21(24-15(18)4)27-8-6-17(7-9-27)26(5)19-11-16(20(28)29)12-22-25-19/h11-13,17H,6-10H2,1-5H3,(H,28,29). The van der Waals surface area contributed by atoms with Crippen molar-refractivity contribution in [3.63, 3.8) is 0 Å². The number of hydrogen-bond acceptors (Lipinski definition) is 7. The number of aryl methyl sites for hydroxylation is 2. The van der Waals surface area contributed by atoms with Crippen LogP contribution in [0.15, 0.2) is 12.3 Å². The van der Waals surface area contributed by atoms with Gasteiger partial charge in [0, 0.05) is 37.6 Å². The van der Waals surface area contributed by atoms with Crippen LogP contribution in [-0.4, -0.2) is 57.4 Å². The average molecular weight is 399 g/mol. The molecule has 1 aliphatic heterocycles. The molecule has 0 saturated carbocycles. The van der Waals surface area contributed by atoms with Crippen molar-refractivity contribution in [3.05, 3.63) is 34.8 Å². The first kappa shape index (κ1) is 21.0. The van der Waals surface area contributed by atoms with Crippen molar-refractivity contribution in [2.75, 3.05) is 29.9 Å². The van der Waals surface area contributed by atoms with Gasteiger partial charge in [-0.05, 0) is 50.7 Å². The minimum Gasteiger partial charge on any atom is -0.478 e. The van der Waals surface area contributed by atoms with Crippen molar-refractivity contribution >= 4 is 17.7 Å². The second kappa shape index (κ2) is 8.71. The molecule has 0 atom stereocenters. The molecular weight excluding hydrogens is 368 g/mol. The van der Waals surface area contributed by atoms with E-state index in [0.29, 0.717) is 11.7 Å². The summed E-state index contributed by atoms with van der Waals surface area (Å²) < 4.78 is 0. The number of aromatic nitrogens is 4. The second-order valence-electron chi connectivity index (χ2n) is 8.21. The fourth-order valence-corrected chi connectivity index (χ4v) is 3.85. The molecule has 0 aromatic carbocycles. The summed E-state index contributed by atoms with van der Waals surface area (Å²) in [7, 11) is 1.95. The molecule has 1 saturated heterocycles. The van der Waals surface area contributed by atoms with E-state index >= 15 is 0 Å². The van der Waals surface area contributed by atoms with Gasteiger partial charge in [-0.25, -0.2) is 14.8 Å². The van der Waals surface area contributed by atoms with Gasteiger partial charge in [-0.2, -0.15) is 5.10 Å². The molecule has 2 aromatic heterocycles. The lowest BCUT2D eigenvalue weighted by atomic mass is 10.0. The van der Waals surface area contributed by atoms with Crippen LogP contribution in [-0.2, 0) is 6.42 Å². The maximum atomic E-state index is 11.2. The Kier molecular flexibility index (Phi) is 6.30. The van der Waals surface area contributed by atoms with Gasteiger partial charge in [-0.3, -0.25) is 0 Å². The predicted octanol–water partition coefficient (Wildman–Crippen LogP) is 2.89. The Morgan fingerprint density at radius 3 is 2.41 bits per heavy atom. The van der Waals surface area contributed by atoms with Gasteiger partial charge in [0.15, 0.2) is 5.82 Å². The monoisotopic (exact) mass is 398 g/mol. The van der Waals surface area contributed by atoms with Gasteiger partial charge in [0.2, 0.25) is 5.95 Å². The normalized spacial score (nSPS) is 15.0. The molecule has 0 aliphatic carbocycles. The zero-order valence-corrected chi connectivity index (χ0v) is 17.9. The maximum Gasteiger partial charge on any atom is 0.337 e. The number of carboxylic acid groups (broad SMARTS) is 1. The minimum absolute atomic E-state index is 0.153. The van der Waals surface area contributed by atoms with E-state index in [1.807, 2.05) is 11.9 Å². The van der Waals surface area contributed by atoms with Crippen molar-refractivity contribution in [1.82, 2.24) is 20.2 Å². The van der Waals surface area contributed by atoms with Gasteiger partial charge >= 0.3 is 5.97 Å². The van der Waals surface area contributed by atoms with Crippen LogP contribution in [0.3, 0.4) is 0 Å². The molecule has 1 fully saturated rings. The van der Waals surface area contributed by atoms with E-state index in [-0.39, 0.29) is 11.6 Å². The first-order valence-electron chi connectivity index (χ1n) is 10.1. The number of aromatic carboxylic acids is 1. The minimum atomic E-state index is -0.992. The molecule has 3 heterocycles. The fraction of sp³-hybridized carbons (Fsp3) is 0.571. The third-order valence-corrected chi connectivity index (χ3v) is 5.57. The summed E-state index contributed by atoms with van der Waals surface area (Å²) in [6.07, 6.45) is 4.11. The molecular formula is C21H30N6O2. The van der Waals surface area contributed by atoms with Crippen LogP contribution in [0.25, 0.3) is 0 Å². The number of carboxylic acids is 1. The summed E-state index contributed by atoms with van der Waals surface area (Å²) in [5, 5.41) is 17.1. The molecule has 156 valence electrons. The van der Waals surface area contributed by atoms with Crippen LogP contribution in [0, 0.1) is 19.8 Å². The third kappa shape index (κ3) is 4.81. The quantitative estimate of drug-likeness (QED) is 0.794. The molecule has 0 bridgehead atoms. The van der Waals surface area contributed by atoms with Gasteiger partial charge in [-0.15, -0.1) is 5.10 Å². The van der Waals surface area contributed by atoms with E-state index in [4.69, 9.17) is 15.1 Å². The van der Waals surface area contributed by atoms with Crippen molar-refractivity contribution in [2.24, 2.45) is 5.92 Å². The molecule has 1 N–H and O–H groups in total. The Hall–Kier alpha value is -2.77. The Labute approximate surface area is 172 Å². The SMILES string of the molecule is Cc1nc(N2CCC(N(C)c3cc(C(=O)O)cnn3)CC2)nc(C)c1CC(C)C. The van der Waals surface area contributed by atoms with E-state index in [1.54, 1.807) is 6.07 Å². The number of hydrogen-bond donors (Lipinski definition) is 1. The third-order valence-electron chi connectivity index (χ3n) is 5.57. The van der Waals surface area contributed by atoms with Crippen molar-refractivity contribution in [3.8, 4) is 0 Å². The second-order valence-corrected chi connectivity index (χ2v) is 8.21. The maximum absolute atomic E-state index is 11.2. The zero-order valence-electron chi connectivity index (χ0n) is 17.9. The number of rotatable bonds is 6. The summed E-state index contributed by atoms with van der Waals surface area (Å²) in [5.74, 6) is 0.981. The number of anilines is 2. The highest BCUT2D eigenvalue weighted by atomic mass is 16.4. The van der Waals surface area contributed by atoms with Crippen molar-refractivity contribution < 1.29 is 9.90 Å². The van der Waals surface area contributed by atoms with Gasteiger partial charge in [-0.1, -0.05) is 13.8 Å². The van der Waals surface area contributed by atoms with Crippen LogP contribution in [0.2, 0.25) is 0 Å². The summed E-state index contributed by atoms with van der Waals surface area (Å²) in [6, 6.07) is 1.84. The van der Waals surface area contributed by atoms with Gasteiger partial charge < -0.3 is 14.9 Å².